The molecule has 2 nitrogen and oxygen atoms in total. The largest absolute Gasteiger partial charge is 0.416 e. The highest BCUT2D eigenvalue weighted by atomic mass is 32.1. The van der Waals surface area contributed by atoms with Crippen LogP contribution in [0.5, 0.6) is 0 Å². The first-order chi connectivity index (χ1) is 9.86. The fourth-order valence-electron chi connectivity index (χ4n) is 2.05. The Morgan fingerprint density at radius 2 is 1.71 bits per heavy atom. The van der Waals surface area contributed by atoms with E-state index in [1.54, 1.807) is 12.1 Å². The van der Waals surface area contributed by atoms with Crippen molar-refractivity contribution in [3.05, 3.63) is 63.9 Å². The maximum absolute atomic E-state index is 12.7. The quantitative estimate of drug-likeness (QED) is 0.654. The van der Waals surface area contributed by atoms with Crippen molar-refractivity contribution in [3.63, 3.8) is 0 Å². The molecule has 0 aliphatic rings. The highest BCUT2D eigenvalue weighted by molar-refractivity contribution is 7.14. The second-order valence-electron chi connectivity index (χ2n) is 4.74. The van der Waals surface area contributed by atoms with E-state index >= 15 is 0 Å². The molecule has 0 unspecified atom stereocenters. The number of benzene rings is 2. The van der Waals surface area contributed by atoms with E-state index in [1.807, 2.05) is 19.1 Å². The van der Waals surface area contributed by atoms with Gasteiger partial charge in [0, 0.05) is 0 Å². The van der Waals surface area contributed by atoms with Crippen LogP contribution in [0.15, 0.2) is 47.3 Å². The molecule has 3 aromatic rings. The highest BCUT2D eigenvalue weighted by Crippen LogP contribution is 2.32. The first-order valence-corrected chi connectivity index (χ1v) is 6.94. The van der Waals surface area contributed by atoms with E-state index in [0.29, 0.717) is 10.4 Å². The van der Waals surface area contributed by atoms with Crippen molar-refractivity contribution in [1.29, 1.82) is 0 Å². The van der Waals surface area contributed by atoms with E-state index < -0.39 is 17.3 Å². The summed E-state index contributed by atoms with van der Waals surface area (Å²) in [5.74, 6) is 0. The average molecular weight is 309 g/mol. The van der Waals surface area contributed by atoms with Crippen molar-refractivity contribution in [3.8, 4) is 5.69 Å². The van der Waals surface area contributed by atoms with Gasteiger partial charge >= 0.3 is 6.18 Å². The van der Waals surface area contributed by atoms with Gasteiger partial charge in [-0.05, 0) is 37.3 Å². The number of fused-ring (bicyclic) bond motifs is 1. The Hall–Kier alpha value is -2.08. The summed E-state index contributed by atoms with van der Waals surface area (Å²) in [6.07, 6.45) is -4.45. The average Bonchev–Trinajstić information content (AvgIpc) is 2.76. The van der Waals surface area contributed by atoms with Crippen molar-refractivity contribution >= 4 is 21.6 Å². The molecule has 0 amide bonds. The van der Waals surface area contributed by atoms with Gasteiger partial charge in [0.15, 0.2) is 0 Å². The summed E-state index contributed by atoms with van der Waals surface area (Å²) in [4.78, 5) is 12.3. The highest BCUT2D eigenvalue weighted by Gasteiger charge is 2.31. The zero-order chi connectivity index (χ0) is 15.2. The molecule has 6 heteroatoms. The molecule has 2 aromatic carbocycles. The molecule has 0 bridgehead atoms. The van der Waals surface area contributed by atoms with Crippen molar-refractivity contribution in [2.75, 3.05) is 0 Å². The normalized spacial score (nSPS) is 12.0. The summed E-state index contributed by atoms with van der Waals surface area (Å²) in [5.41, 5.74) is 0.471. The minimum absolute atomic E-state index is 0.0930. The van der Waals surface area contributed by atoms with Crippen molar-refractivity contribution in [2.45, 2.75) is 13.1 Å². The Bertz CT molecular complexity index is 859. The lowest BCUT2D eigenvalue weighted by atomic mass is 10.1. The van der Waals surface area contributed by atoms with Crippen LogP contribution in [0.2, 0.25) is 0 Å². The summed E-state index contributed by atoms with van der Waals surface area (Å²) < 4.78 is 40.1. The second kappa shape index (κ2) is 4.73. The Labute approximate surface area is 122 Å². The molecule has 0 atom stereocenters. The summed E-state index contributed by atoms with van der Waals surface area (Å²) in [6, 6.07) is 10.5. The van der Waals surface area contributed by atoms with Gasteiger partial charge in [0.05, 0.1) is 21.3 Å². The van der Waals surface area contributed by atoms with Crippen LogP contribution in [0.3, 0.4) is 0 Å². The molecule has 21 heavy (non-hydrogen) atoms. The van der Waals surface area contributed by atoms with Gasteiger partial charge in [-0.15, -0.1) is 0 Å². The third-order valence-electron chi connectivity index (χ3n) is 3.18. The van der Waals surface area contributed by atoms with Crippen molar-refractivity contribution in [2.24, 2.45) is 0 Å². The summed E-state index contributed by atoms with van der Waals surface area (Å²) >= 11 is 1.14. The molecule has 3 rings (SSSR count). The molecule has 0 aliphatic carbocycles. The number of hydrogen-bond donors (Lipinski definition) is 0. The van der Waals surface area contributed by atoms with E-state index in [-0.39, 0.29) is 5.39 Å². The molecule has 0 saturated carbocycles. The molecule has 0 saturated heterocycles. The minimum Gasteiger partial charge on any atom is -0.267 e. The predicted molar refractivity (Wildman–Crippen MR) is 77.2 cm³/mol. The van der Waals surface area contributed by atoms with Gasteiger partial charge < -0.3 is 0 Å². The third kappa shape index (κ3) is 2.47. The van der Waals surface area contributed by atoms with E-state index in [1.165, 1.54) is 10.0 Å². The topological polar surface area (TPSA) is 22.0 Å². The van der Waals surface area contributed by atoms with Gasteiger partial charge in [0.25, 0.3) is 5.56 Å². The molecule has 0 fully saturated rings. The molecule has 0 N–H and O–H groups in total. The van der Waals surface area contributed by atoms with E-state index in [0.717, 1.165) is 29.2 Å². The monoisotopic (exact) mass is 309 g/mol. The molecule has 1 aromatic heterocycles. The molecule has 0 spiro atoms. The lowest BCUT2D eigenvalue weighted by Gasteiger charge is -2.04. The van der Waals surface area contributed by atoms with Gasteiger partial charge in [-0.1, -0.05) is 29.2 Å². The lowest BCUT2D eigenvalue weighted by molar-refractivity contribution is -0.137. The maximum atomic E-state index is 12.7. The van der Waals surface area contributed by atoms with E-state index in [4.69, 9.17) is 0 Å². The van der Waals surface area contributed by atoms with Crippen LogP contribution in [0.25, 0.3) is 15.8 Å². The first kappa shape index (κ1) is 13.9. The number of rotatable bonds is 1. The van der Waals surface area contributed by atoms with Crippen LogP contribution < -0.4 is 5.56 Å². The zero-order valence-corrected chi connectivity index (χ0v) is 11.8. The Morgan fingerprint density at radius 3 is 2.33 bits per heavy atom. The summed E-state index contributed by atoms with van der Waals surface area (Å²) in [6.45, 7) is 1.92. The molecular formula is C15H10F3NOS. The Kier molecular flexibility index (Phi) is 3.13. The van der Waals surface area contributed by atoms with Crippen LogP contribution in [0.4, 0.5) is 13.2 Å². The SMILES string of the molecule is Cc1ccc(-n2sc3ccc(C(F)(F)F)cc3c2=O)cc1. The van der Waals surface area contributed by atoms with Crippen LogP contribution in [0.1, 0.15) is 11.1 Å². The number of aromatic nitrogens is 1. The van der Waals surface area contributed by atoms with Crippen LogP contribution in [-0.4, -0.2) is 3.96 Å². The van der Waals surface area contributed by atoms with E-state index in [2.05, 4.69) is 0 Å². The van der Waals surface area contributed by atoms with Crippen LogP contribution >= 0.6 is 11.5 Å². The molecule has 0 aliphatic heterocycles. The van der Waals surface area contributed by atoms with Gasteiger partial charge in [-0.3, -0.25) is 4.79 Å². The number of halogens is 3. The maximum Gasteiger partial charge on any atom is 0.416 e. The number of nitrogens with zero attached hydrogens (tertiary/aromatic N) is 1. The van der Waals surface area contributed by atoms with Crippen molar-refractivity contribution < 1.29 is 13.2 Å². The fourth-order valence-corrected chi connectivity index (χ4v) is 3.03. The Balaban J connectivity index is 2.21. The number of alkyl halides is 3. The summed E-state index contributed by atoms with van der Waals surface area (Å²) in [5, 5.41) is 0.0930. The van der Waals surface area contributed by atoms with Crippen molar-refractivity contribution in [1.82, 2.24) is 3.96 Å². The van der Waals surface area contributed by atoms with Gasteiger partial charge in [-0.2, -0.15) is 13.2 Å². The van der Waals surface area contributed by atoms with Gasteiger partial charge in [0.1, 0.15) is 0 Å². The van der Waals surface area contributed by atoms with Crippen LogP contribution in [0, 0.1) is 6.92 Å². The second-order valence-corrected chi connectivity index (χ2v) is 5.72. The molecule has 1 heterocycles. The predicted octanol–water partition coefficient (Wildman–Crippen LogP) is 4.38. The lowest BCUT2D eigenvalue weighted by Crippen LogP contribution is -2.11. The van der Waals surface area contributed by atoms with Gasteiger partial charge in [0.2, 0.25) is 0 Å². The van der Waals surface area contributed by atoms with E-state index in [9.17, 15) is 18.0 Å². The summed E-state index contributed by atoms with van der Waals surface area (Å²) in [7, 11) is 0. The Morgan fingerprint density at radius 1 is 1.05 bits per heavy atom. The third-order valence-corrected chi connectivity index (χ3v) is 4.29. The standard InChI is InChI=1S/C15H10F3NOS/c1-9-2-5-11(6-3-9)19-14(20)12-8-10(15(16,17)18)4-7-13(12)21-19/h2-8H,1H3. The number of hydrogen-bond acceptors (Lipinski definition) is 2. The smallest absolute Gasteiger partial charge is 0.267 e. The zero-order valence-electron chi connectivity index (χ0n) is 10.9. The minimum atomic E-state index is -4.45. The van der Waals surface area contributed by atoms with Crippen LogP contribution in [-0.2, 0) is 6.18 Å². The fraction of sp³-hybridized carbons (Fsp3) is 0.133. The number of aryl methyl sites for hydroxylation is 1. The first-order valence-electron chi connectivity index (χ1n) is 6.16. The molecule has 0 radical (unpaired) electrons. The molecular weight excluding hydrogens is 299 g/mol. The van der Waals surface area contributed by atoms with Gasteiger partial charge in [-0.25, -0.2) is 3.96 Å². The molecule has 108 valence electrons.